The Balaban J connectivity index is 2.60. The first-order chi connectivity index (χ1) is 14.5. The molecule has 2 heterocycles. The standard InChI is InChI=1S/C21H30N2O7Si/c1-6-31(7-2,8-3)10-9-21(13-24)17(27)11-18(30-21)22-12-16(14(4)25)19(28)23(15(5)26)20(22)29/h12,17-18,24,27H,6-8,11,13H2,1-5H3/t17?,18-,21-/m0/s1. The van der Waals surface area contributed by atoms with Crippen LogP contribution in [0.5, 0.6) is 0 Å². The topological polar surface area (TPSA) is 128 Å². The van der Waals surface area contributed by atoms with Crippen molar-refractivity contribution in [2.45, 2.75) is 77.1 Å². The summed E-state index contributed by atoms with van der Waals surface area (Å²) in [4.78, 5) is 48.9. The van der Waals surface area contributed by atoms with Crippen LogP contribution in [0.4, 0.5) is 0 Å². The van der Waals surface area contributed by atoms with E-state index in [1.165, 1.54) is 0 Å². The van der Waals surface area contributed by atoms with E-state index in [1.54, 1.807) is 0 Å². The number of aliphatic hydroxyl groups is 2. The number of ether oxygens (including phenoxy) is 1. The number of hydrogen-bond acceptors (Lipinski definition) is 7. The summed E-state index contributed by atoms with van der Waals surface area (Å²) < 4.78 is 7.19. The highest BCUT2D eigenvalue weighted by atomic mass is 28.3. The second kappa shape index (κ2) is 9.44. The van der Waals surface area contributed by atoms with Crippen molar-refractivity contribution in [3.8, 4) is 11.5 Å². The summed E-state index contributed by atoms with van der Waals surface area (Å²) in [5, 5.41) is 20.7. The molecule has 1 unspecified atom stereocenters. The lowest BCUT2D eigenvalue weighted by molar-refractivity contribution is -0.0915. The third-order valence-corrected chi connectivity index (χ3v) is 10.9. The molecule has 1 fully saturated rings. The maximum absolute atomic E-state index is 12.8. The highest BCUT2D eigenvalue weighted by molar-refractivity contribution is 6.87. The maximum Gasteiger partial charge on any atom is 0.340 e. The monoisotopic (exact) mass is 450 g/mol. The van der Waals surface area contributed by atoms with Gasteiger partial charge >= 0.3 is 5.69 Å². The minimum atomic E-state index is -1.91. The number of aliphatic hydroxyl groups excluding tert-OH is 2. The molecule has 10 heteroatoms. The van der Waals surface area contributed by atoms with E-state index in [0.29, 0.717) is 4.57 Å². The van der Waals surface area contributed by atoms with Crippen LogP contribution in [0.15, 0.2) is 15.8 Å². The minimum absolute atomic E-state index is 0.110. The van der Waals surface area contributed by atoms with Crippen molar-refractivity contribution in [1.82, 2.24) is 9.13 Å². The molecular formula is C21H30N2O7Si. The Labute approximate surface area is 181 Å². The Bertz CT molecular complexity index is 1040. The van der Waals surface area contributed by atoms with E-state index in [-0.39, 0.29) is 12.0 Å². The van der Waals surface area contributed by atoms with Gasteiger partial charge in [0.2, 0.25) is 5.91 Å². The number of carbonyl (C=O) groups excluding carboxylic acids is 2. The van der Waals surface area contributed by atoms with E-state index in [0.717, 1.165) is 42.7 Å². The summed E-state index contributed by atoms with van der Waals surface area (Å²) in [5.74, 6) is 1.50. The molecule has 0 aliphatic carbocycles. The zero-order valence-corrected chi connectivity index (χ0v) is 19.6. The fourth-order valence-corrected chi connectivity index (χ4v) is 6.27. The van der Waals surface area contributed by atoms with Crippen LogP contribution in [0.2, 0.25) is 18.1 Å². The van der Waals surface area contributed by atoms with Crippen molar-refractivity contribution < 1.29 is 24.5 Å². The Hall–Kier alpha value is -2.32. The van der Waals surface area contributed by atoms with E-state index in [4.69, 9.17) is 4.74 Å². The molecule has 170 valence electrons. The number of Topliss-reactive ketones (excluding diaryl/α,β-unsaturated/α-hetero) is 1. The molecule has 0 bridgehead atoms. The van der Waals surface area contributed by atoms with Gasteiger partial charge in [0, 0.05) is 19.5 Å². The Kier molecular flexibility index (Phi) is 7.60. The predicted octanol–water partition coefficient (Wildman–Crippen LogP) is 0.935. The Morgan fingerprint density at radius 2 is 1.81 bits per heavy atom. The molecule has 0 saturated carbocycles. The van der Waals surface area contributed by atoms with Crippen LogP contribution >= 0.6 is 0 Å². The van der Waals surface area contributed by atoms with E-state index in [2.05, 4.69) is 32.2 Å². The van der Waals surface area contributed by atoms with Gasteiger partial charge in [0.15, 0.2) is 11.4 Å². The van der Waals surface area contributed by atoms with Crippen LogP contribution in [0.1, 0.15) is 62.4 Å². The molecule has 0 aromatic carbocycles. The molecule has 2 rings (SSSR count). The van der Waals surface area contributed by atoms with Crippen molar-refractivity contribution in [3.63, 3.8) is 0 Å². The van der Waals surface area contributed by atoms with Crippen molar-refractivity contribution in [1.29, 1.82) is 0 Å². The number of rotatable bonds is 6. The molecule has 0 amide bonds. The number of ketones is 1. The third kappa shape index (κ3) is 4.50. The largest absolute Gasteiger partial charge is 0.392 e. The maximum atomic E-state index is 12.8. The fraction of sp³-hybridized carbons (Fsp3) is 0.619. The molecule has 1 aliphatic heterocycles. The number of aromatic nitrogens is 2. The molecule has 0 spiro atoms. The highest BCUT2D eigenvalue weighted by Gasteiger charge is 2.48. The number of nitrogens with zero attached hydrogens (tertiary/aromatic N) is 2. The van der Waals surface area contributed by atoms with Crippen LogP contribution in [0.3, 0.4) is 0 Å². The molecule has 9 nitrogen and oxygen atoms in total. The minimum Gasteiger partial charge on any atom is -0.392 e. The molecule has 1 saturated heterocycles. The zero-order chi connectivity index (χ0) is 23.6. The van der Waals surface area contributed by atoms with Gasteiger partial charge < -0.3 is 14.9 Å². The summed E-state index contributed by atoms with van der Waals surface area (Å²) in [7, 11) is -1.91. The second-order valence-corrected chi connectivity index (χ2v) is 12.8. The first-order valence-corrected chi connectivity index (χ1v) is 13.0. The lowest BCUT2D eigenvalue weighted by atomic mass is 9.99. The molecular weight excluding hydrogens is 420 g/mol. The summed E-state index contributed by atoms with van der Waals surface area (Å²) >= 11 is 0. The van der Waals surface area contributed by atoms with Crippen molar-refractivity contribution >= 4 is 19.8 Å². The van der Waals surface area contributed by atoms with Crippen molar-refractivity contribution in [2.75, 3.05) is 6.61 Å². The smallest absolute Gasteiger partial charge is 0.340 e. The Morgan fingerprint density at radius 1 is 1.23 bits per heavy atom. The van der Waals surface area contributed by atoms with Gasteiger partial charge in [-0.25, -0.2) is 4.79 Å². The van der Waals surface area contributed by atoms with Crippen LogP contribution in [-0.2, 0) is 4.74 Å². The first kappa shape index (κ1) is 24.9. The van der Waals surface area contributed by atoms with Gasteiger partial charge in [0.1, 0.15) is 20.4 Å². The molecule has 2 N–H and O–H groups in total. The van der Waals surface area contributed by atoms with E-state index >= 15 is 0 Å². The van der Waals surface area contributed by atoms with E-state index in [1.807, 2.05) is 0 Å². The summed E-state index contributed by atoms with van der Waals surface area (Å²) in [6, 6.07) is 2.75. The quantitative estimate of drug-likeness (QED) is 0.375. The van der Waals surface area contributed by atoms with E-state index < -0.39 is 55.6 Å². The molecule has 31 heavy (non-hydrogen) atoms. The fourth-order valence-electron chi connectivity index (χ4n) is 3.77. The molecule has 1 aromatic rings. The van der Waals surface area contributed by atoms with Gasteiger partial charge in [-0.3, -0.25) is 19.0 Å². The third-order valence-electron chi connectivity index (χ3n) is 6.23. The summed E-state index contributed by atoms with van der Waals surface area (Å²) in [6.45, 7) is 7.80. The highest BCUT2D eigenvalue weighted by Crippen LogP contribution is 2.36. The van der Waals surface area contributed by atoms with Crippen LogP contribution < -0.4 is 11.2 Å². The van der Waals surface area contributed by atoms with Gasteiger partial charge in [0.25, 0.3) is 5.56 Å². The molecule has 0 radical (unpaired) electrons. The normalized spacial score (nSPS) is 23.3. The zero-order valence-electron chi connectivity index (χ0n) is 18.6. The average Bonchev–Trinajstić information content (AvgIpc) is 3.05. The molecule has 1 aromatic heterocycles. The van der Waals surface area contributed by atoms with Crippen molar-refractivity contribution in [2.24, 2.45) is 0 Å². The lowest BCUT2D eigenvalue weighted by Gasteiger charge is -2.27. The van der Waals surface area contributed by atoms with Crippen LogP contribution in [0, 0.1) is 11.5 Å². The van der Waals surface area contributed by atoms with Gasteiger partial charge in [-0.2, -0.15) is 4.57 Å². The van der Waals surface area contributed by atoms with Gasteiger partial charge in [-0.05, 0) is 25.1 Å². The summed E-state index contributed by atoms with van der Waals surface area (Å²) in [6.07, 6.45) is -1.40. The van der Waals surface area contributed by atoms with E-state index in [9.17, 15) is 29.4 Å². The van der Waals surface area contributed by atoms with Gasteiger partial charge in [-0.15, -0.1) is 5.54 Å². The average molecular weight is 451 g/mol. The first-order valence-electron chi connectivity index (χ1n) is 10.4. The predicted molar refractivity (Wildman–Crippen MR) is 117 cm³/mol. The second-order valence-electron chi connectivity index (χ2n) is 7.91. The SMILES string of the molecule is CC[Si](C#C[C@@]1(CO)O[C@H](n2cc(C(C)=O)c(=O)n(C(C)=O)c2=O)CC1O)(CC)CC. The molecule has 3 atom stereocenters. The van der Waals surface area contributed by atoms with Gasteiger partial charge in [0.05, 0.1) is 12.2 Å². The lowest BCUT2D eigenvalue weighted by Crippen LogP contribution is -2.46. The Morgan fingerprint density at radius 3 is 2.26 bits per heavy atom. The number of hydrogen-bond donors (Lipinski definition) is 2. The summed E-state index contributed by atoms with van der Waals surface area (Å²) in [5.41, 5.74) is -0.647. The van der Waals surface area contributed by atoms with Crippen LogP contribution in [-0.4, -0.2) is 57.4 Å². The number of carbonyl (C=O) groups is 2. The van der Waals surface area contributed by atoms with Gasteiger partial charge in [-0.1, -0.05) is 26.7 Å². The molecule has 1 aliphatic rings. The van der Waals surface area contributed by atoms with Crippen LogP contribution in [0.25, 0.3) is 0 Å². The van der Waals surface area contributed by atoms with Crippen molar-refractivity contribution in [3.05, 3.63) is 32.6 Å².